The van der Waals surface area contributed by atoms with Crippen molar-refractivity contribution >= 4 is 6.29 Å². The molecule has 0 saturated heterocycles. The topological polar surface area (TPSA) is 30.0 Å². The summed E-state index contributed by atoms with van der Waals surface area (Å²) in [4.78, 5) is 14.7. The van der Waals surface area contributed by atoms with Crippen LogP contribution >= 0.6 is 0 Å². The van der Waals surface area contributed by atoms with E-state index in [1.165, 1.54) is 12.1 Å². The maximum Gasteiger partial charge on any atom is 0.150 e. The predicted octanol–water partition coefficient (Wildman–Crippen LogP) is 2.62. The highest BCUT2D eigenvalue weighted by atomic mass is 19.1. The van der Waals surface area contributed by atoms with E-state index in [2.05, 4.69) is 4.98 Å². The first-order valence-corrected chi connectivity index (χ1v) is 4.92. The molecule has 1 heterocycles. The zero-order valence-corrected chi connectivity index (χ0v) is 8.56. The van der Waals surface area contributed by atoms with Crippen LogP contribution in [0.3, 0.4) is 0 Å². The summed E-state index contributed by atoms with van der Waals surface area (Å²) in [6.07, 6.45) is 4.50. The number of carbonyl (C=O) groups is 1. The highest BCUT2D eigenvalue weighted by molar-refractivity contribution is 5.77. The van der Waals surface area contributed by atoms with E-state index >= 15 is 0 Å². The van der Waals surface area contributed by atoms with Gasteiger partial charge in [0.25, 0.3) is 0 Å². The zero-order chi connectivity index (χ0) is 11.4. The van der Waals surface area contributed by atoms with Gasteiger partial charge in [-0.15, -0.1) is 0 Å². The fraction of sp³-hybridized carbons (Fsp3) is 0.0769. The number of nitrogens with zero attached hydrogens (tertiary/aromatic N) is 1. The average molecular weight is 215 g/mol. The highest BCUT2D eigenvalue weighted by Crippen LogP contribution is 2.12. The number of benzene rings is 1. The number of carbonyl (C=O) groups excluding carboxylic acids is 1. The summed E-state index contributed by atoms with van der Waals surface area (Å²) in [6, 6.07) is 7.99. The first-order chi connectivity index (χ1) is 7.79. The first kappa shape index (κ1) is 10.5. The van der Waals surface area contributed by atoms with Gasteiger partial charge in [-0.1, -0.05) is 12.1 Å². The number of aldehydes is 1. The van der Waals surface area contributed by atoms with Gasteiger partial charge < -0.3 is 0 Å². The van der Waals surface area contributed by atoms with Gasteiger partial charge in [-0.2, -0.15) is 0 Å². The maximum absolute atomic E-state index is 13.0. The summed E-state index contributed by atoms with van der Waals surface area (Å²) in [5, 5.41) is 0. The number of hydrogen-bond donors (Lipinski definition) is 0. The number of pyridine rings is 1. The van der Waals surface area contributed by atoms with Crippen molar-refractivity contribution in [1.29, 1.82) is 0 Å². The van der Waals surface area contributed by atoms with E-state index in [-0.39, 0.29) is 5.82 Å². The molecule has 0 N–H and O–H groups in total. The Morgan fingerprint density at radius 3 is 2.94 bits per heavy atom. The van der Waals surface area contributed by atoms with Crippen molar-refractivity contribution in [2.75, 3.05) is 0 Å². The first-order valence-electron chi connectivity index (χ1n) is 4.92. The van der Waals surface area contributed by atoms with Crippen molar-refractivity contribution in [3.05, 3.63) is 65.2 Å². The lowest BCUT2D eigenvalue weighted by atomic mass is 10.0. The van der Waals surface area contributed by atoms with Gasteiger partial charge in [0.05, 0.1) is 0 Å². The van der Waals surface area contributed by atoms with Crippen molar-refractivity contribution in [2.45, 2.75) is 6.42 Å². The minimum absolute atomic E-state index is 0.269. The van der Waals surface area contributed by atoms with E-state index in [0.29, 0.717) is 12.0 Å². The molecular weight excluding hydrogens is 205 g/mol. The smallest absolute Gasteiger partial charge is 0.150 e. The minimum atomic E-state index is -0.269. The second kappa shape index (κ2) is 4.66. The van der Waals surface area contributed by atoms with Gasteiger partial charge in [0.2, 0.25) is 0 Å². The summed E-state index contributed by atoms with van der Waals surface area (Å²) in [5.74, 6) is -0.269. The summed E-state index contributed by atoms with van der Waals surface area (Å²) < 4.78 is 13.0. The van der Waals surface area contributed by atoms with Crippen LogP contribution in [0.1, 0.15) is 21.5 Å². The molecule has 16 heavy (non-hydrogen) atoms. The number of rotatable bonds is 3. The van der Waals surface area contributed by atoms with Crippen molar-refractivity contribution in [3.63, 3.8) is 0 Å². The van der Waals surface area contributed by atoms with E-state index in [1.807, 2.05) is 6.07 Å². The van der Waals surface area contributed by atoms with Crippen molar-refractivity contribution in [1.82, 2.24) is 4.98 Å². The summed E-state index contributed by atoms with van der Waals surface area (Å²) in [5.41, 5.74) is 2.23. The van der Waals surface area contributed by atoms with Crippen LogP contribution in [-0.4, -0.2) is 11.3 Å². The van der Waals surface area contributed by atoms with Gasteiger partial charge in [-0.05, 0) is 35.7 Å². The Bertz CT molecular complexity index is 511. The van der Waals surface area contributed by atoms with Gasteiger partial charge in [-0.3, -0.25) is 9.78 Å². The van der Waals surface area contributed by atoms with Gasteiger partial charge in [-0.25, -0.2) is 4.39 Å². The van der Waals surface area contributed by atoms with E-state index in [1.54, 1.807) is 24.5 Å². The molecule has 0 saturated carbocycles. The SMILES string of the molecule is O=Cc1ccncc1Cc1cccc(F)c1. The molecular formula is C13H10FNO. The van der Waals surface area contributed by atoms with Crippen molar-refractivity contribution in [2.24, 2.45) is 0 Å². The average Bonchev–Trinajstić information content (AvgIpc) is 2.30. The van der Waals surface area contributed by atoms with Crippen LogP contribution in [0.4, 0.5) is 4.39 Å². The highest BCUT2D eigenvalue weighted by Gasteiger charge is 2.03. The molecule has 0 aliphatic heterocycles. The normalized spacial score (nSPS) is 10.1. The molecule has 0 aliphatic carbocycles. The lowest BCUT2D eigenvalue weighted by Crippen LogP contribution is -1.95. The number of halogens is 1. The van der Waals surface area contributed by atoms with Crippen LogP contribution in [0.2, 0.25) is 0 Å². The van der Waals surface area contributed by atoms with Crippen LogP contribution < -0.4 is 0 Å². The Morgan fingerprint density at radius 1 is 1.31 bits per heavy atom. The zero-order valence-electron chi connectivity index (χ0n) is 8.56. The molecule has 2 nitrogen and oxygen atoms in total. The summed E-state index contributed by atoms with van der Waals surface area (Å²) in [7, 11) is 0. The molecule has 3 heteroatoms. The number of hydrogen-bond acceptors (Lipinski definition) is 2. The lowest BCUT2D eigenvalue weighted by Gasteiger charge is -2.04. The molecule has 1 aromatic heterocycles. The third-order valence-electron chi connectivity index (χ3n) is 2.35. The van der Waals surface area contributed by atoms with E-state index in [9.17, 15) is 9.18 Å². The van der Waals surface area contributed by atoms with E-state index < -0.39 is 0 Å². The quantitative estimate of drug-likeness (QED) is 0.737. The van der Waals surface area contributed by atoms with Gasteiger partial charge >= 0.3 is 0 Å². The van der Waals surface area contributed by atoms with Gasteiger partial charge in [0, 0.05) is 18.0 Å². The fourth-order valence-electron chi connectivity index (χ4n) is 1.57. The van der Waals surface area contributed by atoms with Crippen molar-refractivity contribution in [3.8, 4) is 0 Å². The van der Waals surface area contributed by atoms with Gasteiger partial charge in [0.1, 0.15) is 12.1 Å². The molecule has 0 atom stereocenters. The third-order valence-corrected chi connectivity index (χ3v) is 2.35. The summed E-state index contributed by atoms with van der Waals surface area (Å²) >= 11 is 0. The van der Waals surface area contributed by atoms with E-state index in [4.69, 9.17) is 0 Å². The molecule has 0 amide bonds. The molecule has 2 rings (SSSR count). The van der Waals surface area contributed by atoms with Crippen molar-refractivity contribution < 1.29 is 9.18 Å². The molecule has 0 aliphatic rings. The fourth-order valence-corrected chi connectivity index (χ4v) is 1.57. The standard InChI is InChI=1S/C13H10FNO/c14-13-3-1-2-10(7-13)6-12-8-15-5-4-11(12)9-16/h1-5,7-9H,6H2. The maximum atomic E-state index is 13.0. The Kier molecular flexibility index (Phi) is 3.05. The van der Waals surface area contributed by atoms with Crippen LogP contribution in [0, 0.1) is 5.82 Å². The van der Waals surface area contributed by atoms with E-state index in [0.717, 1.165) is 17.4 Å². The lowest BCUT2D eigenvalue weighted by molar-refractivity contribution is 0.112. The Balaban J connectivity index is 2.30. The second-order valence-corrected chi connectivity index (χ2v) is 3.50. The molecule has 0 spiro atoms. The van der Waals surface area contributed by atoms with Crippen LogP contribution in [0.5, 0.6) is 0 Å². The molecule has 0 radical (unpaired) electrons. The second-order valence-electron chi connectivity index (χ2n) is 3.50. The largest absolute Gasteiger partial charge is 0.298 e. The van der Waals surface area contributed by atoms with Gasteiger partial charge in [0.15, 0.2) is 0 Å². The van der Waals surface area contributed by atoms with Crippen LogP contribution in [0.15, 0.2) is 42.7 Å². The minimum Gasteiger partial charge on any atom is -0.298 e. The molecule has 2 aromatic rings. The Labute approximate surface area is 92.8 Å². The Hall–Kier alpha value is -2.03. The number of aromatic nitrogens is 1. The monoisotopic (exact) mass is 215 g/mol. The predicted molar refractivity (Wildman–Crippen MR) is 58.8 cm³/mol. The molecule has 0 fully saturated rings. The third kappa shape index (κ3) is 2.31. The molecule has 80 valence electrons. The molecule has 0 unspecified atom stereocenters. The Morgan fingerprint density at radius 2 is 2.19 bits per heavy atom. The van der Waals surface area contributed by atoms with Crippen LogP contribution in [-0.2, 0) is 6.42 Å². The summed E-state index contributed by atoms with van der Waals surface area (Å²) in [6.45, 7) is 0. The molecule has 1 aromatic carbocycles. The van der Waals surface area contributed by atoms with Crippen LogP contribution in [0.25, 0.3) is 0 Å². The molecule has 0 bridgehead atoms.